The van der Waals surface area contributed by atoms with Gasteiger partial charge >= 0.3 is 5.97 Å². The van der Waals surface area contributed by atoms with Crippen LogP contribution in [0.2, 0.25) is 0 Å². The Hall–Kier alpha value is -2.63. The molecule has 96 valence electrons. The molecule has 0 saturated heterocycles. The number of benzene rings is 1. The van der Waals surface area contributed by atoms with Gasteiger partial charge in [0, 0.05) is 12.7 Å². The van der Waals surface area contributed by atoms with Crippen molar-refractivity contribution in [3.63, 3.8) is 0 Å². The minimum Gasteiger partial charge on any atom is -0.478 e. The van der Waals surface area contributed by atoms with Gasteiger partial charge in [-0.25, -0.2) is 9.78 Å². The summed E-state index contributed by atoms with van der Waals surface area (Å²) in [4.78, 5) is 18.7. The van der Waals surface area contributed by atoms with Gasteiger partial charge in [0.1, 0.15) is 11.3 Å². The molecular weight excluding hydrogens is 244 g/mol. The third-order valence-electron chi connectivity index (χ3n) is 3.23. The number of hydrogen-bond acceptors (Lipinski definition) is 3. The van der Waals surface area contributed by atoms with Crippen molar-refractivity contribution < 1.29 is 9.90 Å². The van der Waals surface area contributed by atoms with Gasteiger partial charge in [0.05, 0.1) is 22.8 Å². The number of carbonyl (C=O) groups is 1. The number of nitrogens with one attached hydrogen (secondary N) is 1. The van der Waals surface area contributed by atoms with E-state index in [1.807, 2.05) is 20.0 Å². The highest BCUT2D eigenvalue weighted by Crippen LogP contribution is 2.24. The zero-order valence-electron chi connectivity index (χ0n) is 10.5. The highest BCUT2D eigenvalue weighted by molar-refractivity contribution is 6.01. The van der Waals surface area contributed by atoms with E-state index in [4.69, 9.17) is 5.11 Å². The highest BCUT2D eigenvalue weighted by Gasteiger charge is 2.15. The van der Waals surface area contributed by atoms with Crippen molar-refractivity contribution in [1.82, 2.24) is 19.7 Å². The molecule has 3 rings (SSSR count). The van der Waals surface area contributed by atoms with E-state index in [0.29, 0.717) is 16.9 Å². The Morgan fingerprint density at radius 1 is 1.42 bits per heavy atom. The molecule has 2 heterocycles. The fourth-order valence-corrected chi connectivity index (χ4v) is 2.06. The molecule has 0 fully saturated rings. The van der Waals surface area contributed by atoms with Gasteiger partial charge in [-0.15, -0.1) is 0 Å². The number of rotatable bonds is 2. The molecule has 2 aromatic heterocycles. The predicted molar refractivity (Wildman–Crippen MR) is 70.0 cm³/mol. The molecule has 0 unspecified atom stereocenters. The highest BCUT2D eigenvalue weighted by atomic mass is 16.4. The van der Waals surface area contributed by atoms with Gasteiger partial charge in [0.25, 0.3) is 0 Å². The number of para-hydroxylation sites is 1. The number of imidazole rings is 1. The molecule has 0 aliphatic carbocycles. The van der Waals surface area contributed by atoms with Crippen molar-refractivity contribution >= 4 is 17.0 Å². The van der Waals surface area contributed by atoms with E-state index in [0.717, 1.165) is 11.3 Å². The third kappa shape index (κ3) is 1.69. The van der Waals surface area contributed by atoms with Crippen LogP contribution in [-0.4, -0.2) is 30.8 Å². The minimum atomic E-state index is -0.980. The molecule has 3 aromatic rings. The van der Waals surface area contributed by atoms with E-state index < -0.39 is 5.97 Å². The topological polar surface area (TPSA) is 83.8 Å². The molecule has 6 nitrogen and oxygen atoms in total. The Morgan fingerprint density at radius 3 is 2.84 bits per heavy atom. The Labute approximate surface area is 108 Å². The van der Waals surface area contributed by atoms with E-state index >= 15 is 0 Å². The van der Waals surface area contributed by atoms with Crippen LogP contribution in [0.3, 0.4) is 0 Å². The van der Waals surface area contributed by atoms with E-state index in [1.165, 1.54) is 0 Å². The lowest BCUT2D eigenvalue weighted by atomic mass is 10.2. The lowest BCUT2D eigenvalue weighted by molar-refractivity contribution is 0.0699. The van der Waals surface area contributed by atoms with Crippen LogP contribution >= 0.6 is 0 Å². The van der Waals surface area contributed by atoms with Crippen LogP contribution in [0.15, 0.2) is 24.4 Å². The zero-order valence-corrected chi connectivity index (χ0v) is 10.5. The number of H-pyrrole nitrogens is 1. The summed E-state index contributed by atoms with van der Waals surface area (Å²) < 4.78 is 1.75. The molecule has 0 spiro atoms. The summed E-state index contributed by atoms with van der Waals surface area (Å²) in [5.41, 5.74) is 3.21. The maximum atomic E-state index is 11.2. The lowest BCUT2D eigenvalue weighted by Gasteiger charge is -1.95. The van der Waals surface area contributed by atoms with Gasteiger partial charge in [-0.2, -0.15) is 5.10 Å². The van der Waals surface area contributed by atoms with Gasteiger partial charge in [0.15, 0.2) is 0 Å². The monoisotopic (exact) mass is 256 g/mol. The first kappa shape index (κ1) is 11.5. The van der Waals surface area contributed by atoms with Crippen LogP contribution in [0.5, 0.6) is 0 Å². The maximum Gasteiger partial charge on any atom is 0.337 e. The molecule has 0 radical (unpaired) electrons. The summed E-state index contributed by atoms with van der Waals surface area (Å²) >= 11 is 0. The van der Waals surface area contributed by atoms with E-state index in [-0.39, 0.29) is 5.56 Å². The van der Waals surface area contributed by atoms with Crippen LogP contribution < -0.4 is 0 Å². The van der Waals surface area contributed by atoms with Crippen LogP contribution in [0, 0.1) is 6.92 Å². The molecule has 2 N–H and O–H groups in total. The molecule has 0 atom stereocenters. The van der Waals surface area contributed by atoms with Crippen molar-refractivity contribution in [2.75, 3.05) is 0 Å². The second-order valence-electron chi connectivity index (χ2n) is 4.36. The molecule has 19 heavy (non-hydrogen) atoms. The quantitative estimate of drug-likeness (QED) is 0.734. The summed E-state index contributed by atoms with van der Waals surface area (Å²) in [5.74, 6) is -0.346. The van der Waals surface area contributed by atoms with Crippen LogP contribution in [0.25, 0.3) is 22.4 Å². The standard InChI is InChI=1S/C13H12N4O2/c1-7-9(6-14-17(7)2)12-15-10-5-3-4-8(13(18)19)11(10)16-12/h3-6H,1-2H3,(H,15,16)(H,18,19). The average molecular weight is 256 g/mol. The van der Waals surface area contributed by atoms with Gasteiger partial charge in [-0.1, -0.05) is 6.07 Å². The SMILES string of the molecule is Cc1c(-c2nc3c(C(=O)O)cccc3[nH]2)cnn1C. The van der Waals surface area contributed by atoms with Crippen molar-refractivity contribution in [3.05, 3.63) is 35.7 Å². The maximum absolute atomic E-state index is 11.2. The summed E-state index contributed by atoms with van der Waals surface area (Å²) in [5, 5.41) is 13.3. The number of carboxylic acid groups (broad SMARTS) is 1. The minimum absolute atomic E-state index is 0.196. The Morgan fingerprint density at radius 2 is 2.21 bits per heavy atom. The van der Waals surface area contributed by atoms with Gasteiger partial charge in [0.2, 0.25) is 0 Å². The molecule has 0 bridgehead atoms. The summed E-state index contributed by atoms with van der Waals surface area (Å²) in [6.45, 7) is 1.94. The Kier molecular flexibility index (Phi) is 2.38. The number of fused-ring (bicyclic) bond motifs is 1. The molecule has 0 amide bonds. The first-order valence-corrected chi connectivity index (χ1v) is 5.79. The molecule has 0 aliphatic rings. The lowest BCUT2D eigenvalue weighted by Crippen LogP contribution is -1.96. The summed E-state index contributed by atoms with van der Waals surface area (Å²) in [6, 6.07) is 5.05. The second kappa shape index (κ2) is 3.94. The summed E-state index contributed by atoms with van der Waals surface area (Å²) in [7, 11) is 1.85. The van der Waals surface area contributed by atoms with Crippen molar-refractivity contribution in [2.45, 2.75) is 6.92 Å². The van der Waals surface area contributed by atoms with Gasteiger partial charge in [-0.05, 0) is 19.1 Å². The number of hydrogen-bond donors (Lipinski definition) is 2. The Balaban J connectivity index is 2.25. The zero-order chi connectivity index (χ0) is 13.6. The number of aromatic amines is 1. The smallest absolute Gasteiger partial charge is 0.337 e. The number of aromatic carboxylic acids is 1. The fourth-order valence-electron chi connectivity index (χ4n) is 2.06. The van der Waals surface area contributed by atoms with Crippen LogP contribution in [0.4, 0.5) is 0 Å². The van der Waals surface area contributed by atoms with Crippen LogP contribution in [-0.2, 0) is 7.05 Å². The van der Waals surface area contributed by atoms with Gasteiger partial charge in [-0.3, -0.25) is 4.68 Å². The fraction of sp³-hybridized carbons (Fsp3) is 0.154. The van der Waals surface area contributed by atoms with E-state index in [1.54, 1.807) is 23.0 Å². The molecule has 0 aliphatic heterocycles. The molecule has 6 heteroatoms. The largest absolute Gasteiger partial charge is 0.478 e. The van der Waals surface area contributed by atoms with Crippen molar-refractivity contribution in [1.29, 1.82) is 0 Å². The number of nitrogens with zero attached hydrogens (tertiary/aromatic N) is 3. The number of carboxylic acids is 1. The normalized spacial score (nSPS) is 11.1. The van der Waals surface area contributed by atoms with E-state index in [9.17, 15) is 4.79 Å². The first-order valence-electron chi connectivity index (χ1n) is 5.79. The van der Waals surface area contributed by atoms with Crippen LogP contribution in [0.1, 0.15) is 16.1 Å². The molecular formula is C13H12N4O2. The molecule has 0 saturated carbocycles. The third-order valence-corrected chi connectivity index (χ3v) is 3.23. The second-order valence-corrected chi connectivity index (χ2v) is 4.36. The van der Waals surface area contributed by atoms with Crippen molar-refractivity contribution in [2.24, 2.45) is 7.05 Å². The van der Waals surface area contributed by atoms with Crippen molar-refractivity contribution in [3.8, 4) is 11.4 Å². The van der Waals surface area contributed by atoms with Gasteiger partial charge < -0.3 is 10.1 Å². The van der Waals surface area contributed by atoms with E-state index in [2.05, 4.69) is 15.1 Å². The predicted octanol–water partition coefficient (Wildman–Crippen LogP) is 1.97. The first-order chi connectivity index (χ1) is 9.08. The average Bonchev–Trinajstić information content (AvgIpc) is 2.93. The Bertz CT molecular complexity index is 785. The molecule has 1 aromatic carbocycles. The number of aromatic nitrogens is 4. The number of aryl methyl sites for hydroxylation is 1. The summed E-state index contributed by atoms with van der Waals surface area (Å²) in [6.07, 6.45) is 1.72.